The fourth-order valence-electron chi connectivity index (χ4n) is 3.97. The number of rotatable bonds is 6. The summed E-state index contributed by atoms with van der Waals surface area (Å²) < 4.78 is 7.70. The van der Waals surface area contributed by atoms with Gasteiger partial charge in [0.1, 0.15) is 18.9 Å². The van der Waals surface area contributed by atoms with E-state index in [1.807, 2.05) is 95.6 Å². The van der Waals surface area contributed by atoms with Crippen LogP contribution in [0.25, 0.3) is 21.8 Å². The molecule has 0 aliphatic heterocycles. The first-order valence-corrected chi connectivity index (χ1v) is 10.8. The number of hydrogen-bond acceptors (Lipinski definition) is 3. The molecule has 1 N–H and O–H groups in total. The summed E-state index contributed by atoms with van der Waals surface area (Å²) in [5.41, 5.74) is 3.23. The molecule has 0 aliphatic rings. The molecule has 33 heavy (non-hydrogen) atoms. The average Bonchev–Trinajstić information content (AvgIpc) is 2.87. The van der Waals surface area contributed by atoms with Crippen LogP contribution in [0, 0.1) is 0 Å². The lowest BCUT2D eigenvalue weighted by atomic mass is 10.1. The molecule has 0 saturated heterocycles. The lowest BCUT2D eigenvalue weighted by molar-refractivity contribution is -0.116. The Morgan fingerprint density at radius 1 is 0.727 bits per heavy atom. The smallest absolute Gasteiger partial charge is 0.244 e. The van der Waals surface area contributed by atoms with Gasteiger partial charge in [0.05, 0.1) is 11.0 Å². The molecule has 0 aliphatic carbocycles. The Bertz CT molecular complexity index is 1430. The predicted octanol–water partition coefficient (Wildman–Crippen LogP) is 5.37. The van der Waals surface area contributed by atoms with Crippen LogP contribution in [0.2, 0.25) is 0 Å². The van der Waals surface area contributed by atoms with E-state index in [9.17, 15) is 9.59 Å². The van der Waals surface area contributed by atoms with Crippen LogP contribution in [0.1, 0.15) is 5.56 Å². The Labute approximate surface area is 190 Å². The molecule has 0 atom stereocenters. The third kappa shape index (κ3) is 4.34. The van der Waals surface area contributed by atoms with Gasteiger partial charge >= 0.3 is 0 Å². The lowest BCUT2D eigenvalue weighted by Crippen LogP contribution is -2.21. The van der Waals surface area contributed by atoms with Crippen molar-refractivity contribution in [2.75, 3.05) is 5.32 Å². The summed E-state index contributed by atoms with van der Waals surface area (Å²) in [4.78, 5) is 25.8. The molecule has 0 unspecified atom stereocenters. The van der Waals surface area contributed by atoms with Gasteiger partial charge in [0, 0.05) is 16.5 Å². The van der Waals surface area contributed by atoms with Crippen molar-refractivity contribution in [3.8, 4) is 5.75 Å². The monoisotopic (exact) mass is 434 g/mol. The second-order valence-electron chi connectivity index (χ2n) is 7.80. The maximum atomic E-state index is 12.9. The summed E-state index contributed by atoms with van der Waals surface area (Å²) in [6, 6.07) is 32.0. The number of pyridine rings is 1. The molecule has 0 saturated carbocycles. The maximum Gasteiger partial charge on any atom is 0.244 e. The number of carbonyl (C=O) groups is 1. The largest absolute Gasteiger partial charge is 0.489 e. The first-order valence-electron chi connectivity index (χ1n) is 10.8. The molecule has 0 bridgehead atoms. The maximum absolute atomic E-state index is 12.9. The molecular weight excluding hydrogens is 412 g/mol. The van der Waals surface area contributed by atoms with Gasteiger partial charge in [0.2, 0.25) is 5.91 Å². The summed E-state index contributed by atoms with van der Waals surface area (Å²) in [7, 11) is 0. The van der Waals surface area contributed by atoms with Crippen LogP contribution in [0.5, 0.6) is 5.75 Å². The molecule has 0 spiro atoms. The van der Waals surface area contributed by atoms with E-state index in [4.69, 9.17) is 4.74 Å². The van der Waals surface area contributed by atoms with E-state index in [2.05, 4.69) is 5.32 Å². The number of aromatic nitrogens is 1. The van der Waals surface area contributed by atoms with Crippen LogP contribution >= 0.6 is 0 Å². The predicted molar refractivity (Wildman–Crippen MR) is 132 cm³/mol. The Balaban J connectivity index is 1.34. The normalized spacial score (nSPS) is 10.9. The number of amides is 1. The van der Waals surface area contributed by atoms with E-state index in [1.54, 1.807) is 12.1 Å². The van der Waals surface area contributed by atoms with Gasteiger partial charge in [-0.25, -0.2) is 0 Å². The molecular formula is C28H22N2O3. The Hall–Kier alpha value is -4.38. The van der Waals surface area contributed by atoms with Crippen LogP contribution < -0.4 is 15.5 Å². The first-order chi connectivity index (χ1) is 16.2. The summed E-state index contributed by atoms with van der Waals surface area (Å²) in [5.74, 6) is 0.557. The SMILES string of the molecule is O=C(Cn1c2ccccc2c(=O)c2ccccc21)Nc1ccc(OCc2ccccc2)cc1. The van der Waals surface area contributed by atoms with E-state index in [0.717, 1.165) is 22.3 Å². The van der Waals surface area contributed by atoms with Gasteiger partial charge < -0.3 is 14.6 Å². The van der Waals surface area contributed by atoms with Crippen molar-refractivity contribution in [2.45, 2.75) is 13.2 Å². The third-order valence-electron chi connectivity index (χ3n) is 5.57. The summed E-state index contributed by atoms with van der Waals surface area (Å²) in [6.45, 7) is 0.576. The second kappa shape index (κ2) is 9.01. The summed E-state index contributed by atoms with van der Waals surface area (Å²) in [6.07, 6.45) is 0. The Kier molecular flexibility index (Phi) is 5.60. The van der Waals surface area contributed by atoms with E-state index in [1.165, 1.54) is 0 Å². The van der Waals surface area contributed by atoms with Crippen molar-refractivity contribution < 1.29 is 9.53 Å². The highest BCUT2D eigenvalue weighted by atomic mass is 16.5. The van der Waals surface area contributed by atoms with Crippen LogP contribution in [-0.2, 0) is 17.9 Å². The number of carbonyl (C=O) groups excluding carboxylic acids is 1. The molecule has 162 valence electrons. The van der Waals surface area contributed by atoms with E-state index < -0.39 is 0 Å². The molecule has 5 aromatic rings. The zero-order valence-electron chi connectivity index (χ0n) is 17.9. The number of fused-ring (bicyclic) bond motifs is 2. The number of anilines is 1. The fraction of sp³-hybridized carbons (Fsp3) is 0.0714. The van der Waals surface area contributed by atoms with Crippen molar-refractivity contribution in [3.05, 3.63) is 119 Å². The zero-order chi connectivity index (χ0) is 22.6. The molecule has 5 nitrogen and oxygen atoms in total. The van der Waals surface area contributed by atoms with Crippen molar-refractivity contribution >= 4 is 33.4 Å². The molecule has 5 heteroatoms. The minimum absolute atomic E-state index is 0.0241. The number of ether oxygens (including phenoxy) is 1. The standard InChI is InChI=1S/C28H22N2O3/c31-27(29-21-14-16-22(17-15-21)33-19-20-8-2-1-3-9-20)18-30-25-12-6-4-10-23(25)28(32)24-11-5-7-13-26(24)30/h1-17H,18-19H2,(H,29,31). The highest BCUT2D eigenvalue weighted by molar-refractivity contribution is 5.97. The van der Waals surface area contributed by atoms with E-state index >= 15 is 0 Å². The molecule has 0 radical (unpaired) electrons. The van der Waals surface area contributed by atoms with E-state index in [0.29, 0.717) is 23.1 Å². The number of nitrogens with one attached hydrogen (secondary N) is 1. The first kappa shape index (κ1) is 20.5. The second-order valence-corrected chi connectivity index (χ2v) is 7.80. The van der Waals surface area contributed by atoms with Crippen molar-refractivity contribution in [1.82, 2.24) is 4.57 Å². The third-order valence-corrected chi connectivity index (χ3v) is 5.57. The van der Waals surface area contributed by atoms with Gasteiger partial charge in [-0.1, -0.05) is 54.6 Å². The summed E-state index contributed by atoms with van der Waals surface area (Å²) >= 11 is 0. The average molecular weight is 434 g/mol. The molecule has 1 aromatic heterocycles. The van der Waals surface area contributed by atoms with Crippen molar-refractivity contribution in [3.63, 3.8) is 0 Å². The molecule has 1 heterocycles. The van der Waals surface area contributed by atoms with Gasteiger partial charge in [-0.2, -0.15) is 0 Å². The van der Waals surface area contributed by atoms with Crippen LogP contribution in [0.4, 0.5) is 5.69 Å². The molecule has 1 amide bonds. The topological polar surface area (TPSA) is 60.3 Å². The van der Waals surface area contributed by atoms with Crippen molar-refractivity contribution in [2.24, 2.45) is 0 Å². The highest BCUT2D eigenvalue weighted by Crippen LogP contribution is 2.20. The van der Waals surface area contributed by atoms with Gasteiger partial charge in [-0.3, -0.25) is 9.59 Å². The van der Waals surface area contributed by atoms with Gasteiger partial charge in [-0.05, 0) is 54.1 Å². The Morgan fingerprint density at radius 2 is 1.30 bits per heavy atom. The number of nitrogens with zero attached hydrogens (tertiary/aromatic N) is 1. The van der Waals surface area contributed by atoms with Crippen LogP contribution in [-0.4, -0.2) is 10.5 Å². The van der Waals surface area contributed by atoms with E-state index in [-0.39, 0.29) is 17.9 Å². The van der Waals surface area contributed by atoms with Gasteiger partial charge in [0.25, 0.3) is 0 Å². The number of para-hydroxylation sites is 2. The zero-order valence-corrected chi connectivity index (χ0v) is 17.9. The lowest BCUT2D eigenvalue weighted by Gasteiger charge is -2.15. The number of hydrogen-bond donors (Lipinski definition) is 1. The molecule has 5 rings (SSSR count). The molecule has 4 aromatic carbocycles. The van der Waals surface area contributed by atoms with Crippen LogP contribution in [0.3, 0.4) is 0 Å². The number of benzene rings is 4. The Morgan fingerprint density at radius 3 is 1.94 bits per heavy atom. The quantitative estimate of drug-likeness (QED) is 0.366. The fourth-order valence-corrected chi connectivity index (χ4v) is 3.97. The van der Waals surface area contributed by atoms with Crippen LogP contribution in [0.15, 0.2) is 108 Å². The minimum Gasteiger partial charge on any atom is -0.489 e. The van der Waals surface area contributed by atoms with Gasteiger partial charge in [-0.15, -0.1) is 0 Å². The van der Waals surface area contributed by atoms with Crippen molar-refractivity contribution in [1.29, 1.82) is 0 Å². The van der Waals surface area contributed by atoms with Gasteiger partial charge in [0.15, 0.2) is 5.43 Å². The summed E-state index contributed by atoms with van der Waals surface area (Å²) in [5, 5.41) is 4.14. The highest BCUT2D eigenvalue weighted by Gasteiger charge is 2.13. The minimum atomic E-state index is -0.174. The molecule has 0 fully saturated rings.